The van der Waals surface area contributed by atoms with Crippen LogP contribution in [0.2, 0.25) is 0 Å². The second-order valence-corrected chi connectivity index (χ2v) is 5.51. The number of halogens is 1. The quantitative estimate of drug-likeness (QED) is 0.845. The van der Waals surface area contributed by atoms with Crippen molar-refractivity contribution in [1.82, 2.24) is 9.97 Å². The van der Waals surface area contributed by atoms with E-state index in [-0.39, 0.29) is 18.2 Å². The van der Waals surface area contributed by atoms with Crippen LogP contribution in [0.15, 0.2) is 20.1 Å². The molecule has 6 nitrogen and oxygen atoms in total. The van der Waals surface area contributed by atoms with E-state index in [2.05, 4.69) is 9.97 Å². The van der Waals surface area contributed by atoms with Crippen molar-refractivity contribution in [2.75, 3.05) is 13.3 Å². The van der Waals surface area contributed by atoms with E-state index in [1.807, 2.05) is 0 Å². The molecular weight excluding hydrogens is 291 g/mol. The molecule has 0 atom stereocenters. The van der Waals surface area contributed by atoms with Crippen LogP contribution in [0.4, 0.5) is 4.39 Å². The highest BCUT2D eigenvalue weighted by Crippen LogP contribution is 2.34. The zero-order valence-corrected chi connectivity index (χ0v) is 12.1. The molecular formula is C15H17FN2O4. The van der Waals surface area contributed by atoms with Crippen molar-refractivity contribution in [2.45, 2.75) is 32.1 Å². The molecule has 0 radical (unpaired) electrons. The van der Waals surface area contributed by atoms with Gasteiger partial charge in [-0.1, -0.05) is 19.3 Å². The maximum atomic E-state index is 12.3. The van der Waals surface area contributed by atoms with Crippen molar-refractivity contribution < 1.29 is 13.5 Å². The van der Waals surface area contributed by atoms with Crippen molar-refractivity contribution in [2.24, 2.45) is 5.92 Å². The number of alkyl halides is 1. The number of hydrogen-bond acceptors (Lipinski definition) is 5. The van der Waals surface area contributed by atoms with E-state index in [4.69, 9.17) is 9.15 Å². The van der Waals surface area contributed by atoms with Gasteiger partial charge in [0.05, 0.1) is 0 Å². The highest BCUT2D eigenvalue weighted by atomic mass is 19.1. The Hall–Kier alpha value is -2.18. The van der Waals surface area contributed by atoms with Gasteiger partial charge in [-0.2, -0.15) is 4.98 Å². The van der Waals surface area contributed by atoms with Gasteiger partial charge in [0.1, 0.15) is 18.7 Å². The number of ether oxygens (including phenoxy) is 1. The molecule has 22 heavy (non-hydrogen) atoms. The van der Waals surface area contributed by atoms with Crippen LogP contribution in [0.3, 0.4) is 0 Å². The minimum atomic E-state index is -0.695. The molecule has 0 aromatic carbocycles. The van der Waals surface area contributed by atoms with E-state index in [0.29, 0.717) is 17.4 Å². The maximum absolute atomic E-state index is 12.3. The summed E-state index contributed by atoms with van der Waals surface area (Å²) >= 11 is 0. The fraction of sp³-hybridized carbons (Fsp3) is 0.533. The Morgan fingerprint density at radius 1 is 1.41 bits per heavy atom. The van der Waals surface area contributed by atoms with Gasteiger partial charge in [0.2, 0.25) is 11.6 Å². The lowest BCUT2D eigenvalue weighted by Crippen LogP contribution is -2.16. The molecule has 0 unspecified atom stereocenters. The summed E-state index contributed by atoms with van der Waals surface area (Å²) in [7, 11) is 0. The number of H-pyrrole nitrogens is 1. The van der Waals surface area contributed by atoms with Gasteiger partial charge in [0, 0.05) is 6.07 Å². The standard InChI is InChI=1S/C15H17FN2O4/c16-6-7-21-13-12-10(3-1-2-9-4-5-9)8-11(19)22-14(12)18-15(20)17-13/h8-9H,1-7H2,(H,17,18,20). The van der Waals surface area contributed by atoms with Crippen molar-refractivity contribution in [1.29, 1.82) is 0 Å². The van der Waals surface area contributed by atoms with Crippen LogP contribution in [-0.2, 0) is 6.42 Å². The Balaban J connectivity index is 1.99. The molecule has 2 heterocycles. The Morgan fingerprint density at radius 3 is 2.95 bits per heavy atom. The Labute approximate surface area is 125 Å². The number of rotatable bonds is 7. The summed E-state index contributed by atoms with van der Waals surface area (Å²) in [5.41, 5.74) is -0.487. The van der Waals surface area contributed by atoms with Gasteiger partial charge in [-0.25, -0.2) is 14.0 Å². The lowest BCUT2D eigenvalue weighted by molar-refractivity contribution is 0.266. The summed E-state index contributed by atoms with van der Waals surface area (Å²) < 4.78 is 22.6. The van der Waals surface area contributed by atoms with Crippen LogP contribution in [-0.4, -0.2) is 23.2 Å². The van der Waals surface area contributed by atoms with Crippen molar-refractivity contribution in [3.05, 3.63) is 32.5 Å². The third-order valence-electron chi connectivity index (χ3n) is 3.75. The maximum Gasteiger partial charge on any atom is 0.351 e. The summed E-state index contributed by atoms with van der Waals surface area (Å²) in [5.74, 6) is 0.813. The summed E-state index contributed by atoms with van der Waals surface area (Å²) in [6.45, 7) is -0.893. The first-order valence-corrected chi connectivity index (χ1v) is 7.43. The summed E-state index contributed by atoms with van der Waals surface area (Å²) in [6.07, 6.45) is 5.26. The SMILES string of the molecule is O=c1nc(OCCF)c2c(CCCC3CC3)cc(=O)oc2[nH]1. The largest absolute Gasteiger partial charge is 0.474 e. The highest BCUT2D eigenvalue weighted by molar-refractivity contribution is 5.82. The van der Waals surface area contributed by atoms with Crippen LogP contribution in [0.1, 0.15) is 31.2 Å². The molecule has 1 N–H and O–H groups in total. The van der Waals surface area contributed by atoms with Crippen LogP contribution in [0, 0.1) is 5.92 Å². The van der Waals surface area contributed by atoms with Crippen LogP contribution in [0.25, 0.3) is 11.1 Å². The monoisotopic (exact) mass is 308 g/mol. The Kier molecular flexibility index (Phi) is 4.22. The molecule has 1 saturated carbocycles. The minimum Gasteiger partial charge on any atom is -0.474 e. The molecule has 2 aromatic heterocycles. The zero-order valence-electron chi connectivity index (χ0n) is 12.1. The van der Waals surface area contributed by atoms with Crippen molar-refractivity contribution in [3.8, 4) is 5.88 Å². The Morgan fingerprint density at radius 2 is 2.23 bits per heavy atom. The predicted octanol–water partition coefficient (Wildman–Crippen LogP) is 1.96. The number of nitrogens with zero attached hydrogens (tertiary/aromatic N) is 1. The highest BCUT2D eigenvalue weighted by Gasteiger charge is 2.21. The fourth-order valence-electron chi connectivity index (χ4n) is 2.56. The number of fused-ring (bicyclic) bond motifs is 1. The third kappa shape index (κ3) is 3.35. The first kappa shape index (κ1) is 14.7. The average molecular weight is 308 g/mol. The number of aryl methyl sites for hydroxylation is 1. The first-order valence-electron chi connectivity index (χ1n) is 7.43. The topological polar surface area (TPSA) is 85.2 Å². The van der Waals surface area contributed by atoms with Gasteiger partial charge in [0.25, 0.3) is 0 Å². The van der Waals surface area contributed by atoms with E-state index >= 15 is 0 Å². The lowest BCUT2D eigenvalue weighted by atomic mass is 10.0. The zero-order chi connectivity index (χ0) is 15.5. The lowest BCUT2D eigenvalue weighted by Gasteiger charge is -2.09. The molecule has 118 valence electrons. The van der Waals surface area contributed by atoms with E-state index in [1.54, 1.807) is 0 Å². The molecule has 0 spiro atoms. The molecule has 0 saturated heterocycles. The smallest absolute Gasteiger partial charge is 0.351 e. The van der Waals surface area contributed by atoms with E-state index < -0.39 is 18.0 Å². The van der Waals surface area contributed by atoms with Crippen LogP contribution in [0.5, 0.6) is 5.88 Å². The number of nitrogens with one attached hydrogen (secondary N) is 1. The summed E-state index contributed by atoms with van der Waals surface area (Å²) in [5, 5.41) is 0.448. The van der Waals surface area contributed by atoms with Gasteiger partial charge < -0.3 is 9.15 Å². The first-order chi connectivity index (χ1) is 10.7. The molecule has 1 aliphatic carbocycles. The molecule has 2 aromatic rings. The molecule has 0 amide bonds. The van der Waals surface area contributed by atoms with Gasteiger partial charge >= 0.3 is 11.3 Å². The van der Waals surface area contributed by atoms with Crippen molar-refractivity contribution >= 4 is 11.1 Å². The van der Waals surface area contributed by atoms with E-state index in [9.17, 15) is 14.0 Å². The number of hydrogen-bond donors (Lipinski definition) is 1. The molecule has 1 fully saturated rings. The van der Waals surface area contributed by atoms with Gasteiger partial charge in [-0.3, -0.25) is 4.98 Å². The molecule has 7 heteroatoms. The van der Waals surface area contributed by atoms with Crippen LogP contribution >= 0.6 is 0 Å². The second kappa shape index (κ2) is 6.29. The normalized spacial score (nSPS) is 14.4. The van der Waals surface area contributed by atoms with E-state index in [0.717, 1.165) is 18.8 Å². The molecule has 1 aliphatic rings. The van der Waals surface area contributed by atoms with Gasteiger partial charge in [-0.05, 0) is 24.3 Å². The molecule has 3 rings (SSSR count). The second-order valence-electron chi connectivity index (χ2n) is 5.51. The summed E-state index contributed by atoms with van der Waals surface area (Å²) in [6, 6.07) is 1.39. The number of aromatic amines is 1. The van der Waals surface area contributed by atoms with E-state index in [1.165, 1.54) is 18.9 Å². The van der Waals surface area contributed by atoms with Crippen LogP contribution < -0.4 is 16.1 Å². The summed E-state index contributed by atoms with van der Waals surface area (Å²) in [4.78, 5) is 29.3. The minimum absolute atomic E-state index is 0.0153. The van der Waals surface area contributed by atoms with Crippen molar-refractivity contribution in [3.63, 3.8) is 0 Å². The Bertz CT molecular complexity index is 774. The number of aromatic nitrogens is 2. The van der Waals surface area contributed by atoms with Gasteiger partial charge in [-0.15, -0.1) is 0 Å². The fourth-order valence-corrected chi connectivity index (χ4v) is 2.56. The molecule has 0 aliphatic heterocycles. The molecule has 0 bridgehead atoms. The average Bonchev–Trinajstić information content (AvgIpc) is 3.28. The third-order valence-corrected chi connectivity index (χ3v) is 3.75. The predicted molar refractivity (Wildman–Crippen MR) is 78.0 cm³/mol. The van der Waals surface area contributed by atoms with Gasteiger partial charge in [0.15, 0.2) is 0 Å².